The predicted octanol–water partition coefficient (Wildman–Crippen LogP) is 5.44. The molecular weight excluding hydrogens is 394 g/mol. The van der Waals surface area contributed by atoms with Crippen molar-refractivity contribution >= 4 is 37.7 Å². The normalized spacial score (nSPS) is 11.9. The molecule has 0 unspecified atom stereocenters. The molecule has 9 heteroatoms. The first-order chi connectivity index (χ1) is 13.8. The van der Waals surface area contributed by atoms with Gasteiger partial charge in [-0.05, 0) is 18.6 Å². The van der Waals surface area contributed by atoms with Crippen LogP contribution in [0.3, 0.4) is 0 Å². The highest BCUT2D eigenvalue weighted by molar-refractivity contribution is 7.91. The Kier molecular flexibility index (Phi) is 5.88. The molecule has 0 spiro atoms. The van der Waals surface area contributed by atoms with E-state index in [1.807, 2.05) is 6.92 Å². The van der Waals surface area contributed by atoms with E-state index in [0.29, 0.717) is 17.2 Å². The smallest absolute Gasteiger partial charge is 0.296 e. The maximum Gasteiger partial charge on any atom is 0.296 e. The minimum Gasteiger partial charge on any atom is -0.505 e. The fourth-order valence-electron chi connectivity index (χ4n) is 2.90. The number of rotatable bonds is 7. The molecule has 8 nitrogen and oxygen atoms in total. The molecule has 3 aromatic carbocycles. The van der Waals surface area contributed by atoms with E-state index < -0.39 is 14.8 Å². The fourth-order valence-corrected chi connectivity index (χ4v) is 4.59. The van der Waals surface area contributed by atoms with Crippen molar-refractivity contribution in [1.82, 2.24) is 0 Å². The monoisotopic (exact) mass is 413 g/mol. The third-order valence-corrected chi connectivity index (χ3v) is 6.24. The number of benzene rings is 3. The van der Waals surface area contributed by atoms with E-state index in [0.717, 1.165) is 6.42 Å². The highest BCUT2D eigenvalue weighted by Gasteiger charge is 2.21. The SMILES string of the molecule is CCCCS(=O)(=O)c1cc(N=Nc2ccccc2[N+](=O)[O-])c(O)c2ccccc12. The number of nitro groups is 1. The van der Waals surface area contributed by atoms with E-state index in [1.165, 1.54) is 24.3 Å². The van der Waals surface area contributed by atoms with Crippen LogP contribution in [0.2, 0.25) is 0 Å². The van der Waals surface area contributed by atoms with Gasteiger partial charge in [-0.3, -0.25) is 10.1 Å². The standard InChI is InChI=1S/C20H19N3O5S/c1-2-3-12-29(27,28)19-13-17(20(24)15-9-5-4-8-14(15)19)22-21-16-10-6-7-11-18(16)23(25)26/h4-11,13,24H,2-3,12H2,1H3. The lowest BCUT2D eigenvalue weighted by molar-refractivity contribution is -0.384. The Morgan fingerprint density at radius 3 is 2.31 bits per heavy atom. The number of nitrogens with zero attached hydrogens (tertiary/aromatic N) is 3. The highest BCUT2D eigenvalue weighted by Crippen LogP contribution is 2.40. The first-order valence-corrected chi connectivity index (χ1v) is 10.6. The molecule has 3 rings (SSSR count). The van der Waals surface area contributed by atoms with E-state index in [2.05, 4.69) is 10.2 Å². The van der Waals surface area contributed by atoms with E-state index in [9.17, 15) is 23.6 Å². The fraction of sp³-hybridized carbons (Fsp3) is 0.200. The molecule has 0 aliphatic carbocycles. The van der Waals surface area contributed by atoms with Gasteiger partial charge in [0.2, 0.25) is 0 Å². The average molecular weight is 413 g/mol. The largest absolute Gasteiger partial charge is 0.505 e. The van der Waals surface area contributed by atoms with Gasteiger partial charge in [0.05, 0.1) is 15.6 Å². The van der Waals surface area contributed by atoms with Crippen LogP contribution in [0.1, 0.15) is 19.8 Å². The molecule has 29 heavy (non-hydrogen) atoms. The van der Waals surface area contributed by atoms with Gasteiger partial charge >= 0.3 is 0 Å². The predicted molar refractivity (Wildman–Crippen MR) is 110 cm³/mol. The summed E-state index contributed by atoms with van der Waals surface area (Å²) in [6.07, 6.45) is 1.23. The lowest BCUT2D eigenvalue weighted by Crippen LogP contribution is -2.07. The van der Waals surface area contributed by atoms with Crippen molar-refractivity contribution in [2.24, 2.45) is 10.2 Å². The van der Waals surface area contributed by atoms with Crippen LogP contribution < -0.4 is 0 Å². The van der Waals surface area contributed by atoms with Gasteiger partial charge in [-0.2, -0.15) is 0 Å². The second-order valence-corrected chi connectivity index (χ2v) is 8.48. The summed E-state index contributed by atoms with van der Waals surface area (Å²) in [6.45, 7) is 1.90. The maximum atomic E-state index is 12.8. The molecule has 150 valence electrons. The van der Waals surface area contributed by atoms with Gasteiger partial charge in [0, 0.05) is 16.8 Å². The number of aromatic hydroxyl groups is 1. The third-order valence-electron chi connectivity index (χ3n) is 4.40. The number of nitro benzene ring substituents is 1. The van der Waals surface area contributed by atoms with Crippen molar-refractivity contribution in [3.8, 4) is 5.75 Å². The molecule has 0 heterocycles. The van der Waals surface area contributed by atoms with Crippen LogP contribution in [0.4, 0.5) is 17.1 Å². The van der Waals surface area contributed by atoms with Crippen molar-refractivity contribution in [2.45, 2.75) is 24.7 Å². The molecule has 0 radical (unpaired) electrons. The molecule has 0 saturated heterocycles. The molecule has 1 N–H and O–H groups in total. The van der Waals surface area contributed by atoms with Gasteiger partial charge in [0.25, 0.3) is 5.69 Å². The molecule has 0 aromatic heterocycles. The second kappa shape index (κ2) is 8.36. The molecule has 0 saturated carbocycles. The summed E-state index contributed by atoms with van der Waals surface area (Å²) in [5.74, 6) is -0.267. The first-order valence-electron chi connectivity index (χ1n) is 8.97. The third kappa shape index (κ3) is 4.24. The summed E-state index contributed by atoms with van der Waals surface area (Å²) in [4.78, 5) is 10.6. The minimum absolute atomic E-state index is 0.000416. The van der Waals surface area contributed by atoms with Gasteiger partial charge < -0.3 is 5.11 Å². The quantitative estimate of drug-likeness (QED) is 0.314. The maximum absolute atomic E-state index is 12.8. The van der Waals surface area contributed by atoms with Crippen LogP contribution >= 0.6 is 0 Å². The number of hydrogen-bond acceptors (Lipinski definition) is 7. The number of sulfone groups is 1. The zero-order chi connectivity index (χ0) is 21.0. The van der Waals surface area contributed by atoms with Crippen molar-refractivity contribution in [3.05, 3.63) is 64.7 Å². The summed E-state index contributed by atoms with van der Waals surface area (Å²) in [7, 11) is -3.61. The van der Waals surface area contributed by atoms with Gasteiger partial charge in [-0.15, -0.1) is 10.2 Å². The van der Waals surface area contributed by atoms with Crippen LogP contribution in [-0.2, 0) is 9.84 Å². The molecule has 3 aromatic rings. The van der Waals surface area contributed by atoms with E-state index in [1.54, 1.807) is 30.3 Å². The van der Waals surface area contributed by atoms with E-state index in [4.69, 9.17) is 0 Å². The van der Waals surface area contributed by atoms with Gasteiger partial charge in [-0.25, -0.2) is 8.42 Å². The molecular formula is C20H19N3O5S. The van der Waals surface area contributed by atoms with Crippen molar-refractivity contribution in [1.29, 1.82) is 0 Å². The Balaban J connectivity index is 2.17. The van der Waals surface area contributed by atoms with Crippen molar-refractivity contribution < 1.29 is 18.4 Å². The van der Waals surface area contributed by atoms with E-state index in [-0.39, 0.29) is 33.5 Å². The van der Waals surface area contributed by atoms with Gasteiger partial charge in [0.15, 0.2) is 21.3 Å². The van der Waals surface area contributed by atoms with Gasteiger partial charge in [-0.1, -0.05) is 49.7 Å². The van der Waals surface area contributed by atoms with Crippen LogP contribution in [0.5, 0.6) is 5.75 Å². The number of phenols is 1. The number of fused-ring (bicyclic) bond motifs is 1. The summed E-state index contributed by atoms with van der Waals surface area (Å²) in [5.41, 5.74) is -0.315. The Morgan fingerprint density at radius 2 is 1.62 bits per heavy atom. The highest BCUT2D eigenvalue weighted by atomic mass is 32.2. The minimum atomic E-state index is -3.61. The molecule has 0 atom stereocenters. The molecule has 0 bridgehead atoms. The zero-order valence-electron chi connectivity index (χ0n) is 15.6. The lowest BCUT2D eigenvalue weighted by atomic mass is 10.1. The molecule has 0 aliphatic rings. The van der Waals surface area contributed by atoms with E-state index >= 15 is 0 Å². The lowest BCUT2D eigenvalue weighted by Gasteiger charge is -2.11. The Bertz CT molecular complexity index is 1210. The number of phenolic OH excluding ortho intramolecular Hbond substituents is 1. The number of hydrogen-bond donors (Lipinski definition) is 1. The van der Waals surface area contributed by atoms with Crippen molar-refractivity contribution in [3.63, 3.8) is 0 Å². The van der Waals surface area contributed by atoms with Crippen LogP contribution in [0, 0.1) is 10.1 Å². The number of azo groups is 1. The Morgan fingerprint density at radius 1 is 1.00 bits per heavy atom. The molecule has 0 amide bonds. The Labute approximate surface area is 167 Å². The number of unbranched alkanes of at least 4 members (excludes halogenated alkanes) is 1. The number of para-hydroxylation sites is 1. The summed E-state index contributed by atoms with van der Waals surface area (Å²) in [6, 6.07) is 13.6. The Hall–Kier alpha value is -3.33. The molecule has 0 fully saturated rings. The topological polar surface area (TPSA) is 122 Å². The molecule has 0 aliphatic heterocycles. The summed E-state index contributed by atoms with van der Waals surface area (Å²) >= 11 is 0. The summed E-state index contributed by atoms with van der Waals surface area (Å²) < 4.78 is 25.7. The average Bonchev–Trinajstić information content (AvgIpc) is 2.72. The van der Waals surface area contributed by atoms with Gasteiger partial charge in [0.1, 0.15) is 5.69 Å². The van der Waals surface area contributed by atoms with Crippen LogP contribution in [0.15, 0.2) is 69.7 Å². The van der Waals surface area contributed by atoms with Crippen LogP contribution in [-0.4, -0.2) is 24.2 Å². The summed E-state index contributed by atoms with van der Waals surface area (Å²) in [5, 5.41) is 30.2. The zero-order valence-corrected chi connectivity index (χ0v) is 16.5. The first kappa shape index (κ1) is 20.4. The van der Waals surface area contributed by atoms with Crippen molar-refractivity contribution in [2.75, 3.05) is 5.75 Å². The van der Waals surface area contributed by atoms with Crippen LogP contribution in [0.25, 0.3) is 10.8 Å². The second-order valence-electron chi connectivity index (χ2n) is 6.41.